The van der Waals surface area contributed by atoms with E-state index in [0.717, 1.165) is 18.5 Å². The van der Waals surface area contributed by atoms with Crippen molar-refractivity contribution in [1.82, 2.24) is 9.80 Å². The molecule has 1 aromatic carbocycles. The Kier molecular flexibility index (Phi) is 8.01. The van der Waals surface area contributed by atoms with Crippen LogP contribution in [0.4, 0.5) is 10.5 Å². The van der Waals surface area contributed by atoms with Gasteiger partial charge in [-0.15, -0.1) is 12.4 Å². The molecule has 3 N–H and O–H groups in total. The molecule has 134 valence electrons. The highest BCUT2D eigenvalue weighted by Gasteiger charge is 2.31. The van der Waals surface area contributed by atoms with Gasteiger partial charge in [0.2, 0.25) is 5.91 Å². The van der Waals surface area contributed by atoms with Crippen molar-refractivity contribution in [3.05, 3.63) is 30.3 Å². The Labute approximate surface area is 149 Å². The van der Waals surface area contributed by atoms with Gasteiger partial charge in [0, 0.05) is 38.4 Å². The lowest BCUT2D eigenvalue weighted by Crippen LogP contribution is -2.49. The van der Waals surface area contributed by atoms with E-state index in [0.29, 0.717) is 19.6 Å². The molecule has 1 heterocycles. The predicted octanol–water partition coefficient (Wildman–Crippen LogP) is 2.16. The zero-order valence-corrected chi connectivity index (χ0v) is 15.1. The number of hydrogen-bond donors (Lipinski definition) is 2. The van der Waals surface area contributed by atoms with E-state index in [1.165, 1.54) is 0 Å². The number of carbonyl (C=O) groups excluding carboxylic acids is 2. The molecule has 1 aromatic rings. The normalized spacial score (nSPS) is 18.3. The minimum atomic E-state index is -0.150. The highest BCUT2D eigenvalue weighted by Crippen LogP contribution is 2.20. The number of halogens is 1. The van der Waals surface area contributed by atoms with E-state index in [4.69, 9.17) is 5.73 Å². The van der Waals surface area contributed by atoms with Crippen molar-refractivity contribution < 1.29 is 9.59 Å². The van der Waals surface area contributed by atoms with Gasteiger partial charge < -0.3 is 20.9 Å². The third-order valence-electron chi connectivity index (χ3n) is 4.43. The molecule has 1 aliphatic heterocycles. The number of nitrogens with zero attached hydrogens (tertiary/aromatic N) is 2. The average Bonchev–Trinajstić information content (AvgIpc) is 2.60. The van der Waals surface area contributed by atoms with Crippen molar-refractivity contribution in [1.29, 1.82) is 0 Å². The maximum atomic E-state index is 12.5. The number of amides is 3. The monoisotopic (exact) mass is 354 g/mol. The number of hydrogen-bond acceptors (Lipinski definition) is 3. The molecule has 6 nitrogen and oxygen atoms in total. The van der Waals surface area contributed by atoms with Crippen LogP contribution in [-0.2, 0) is 4.79 Å². The molecule has 0 aliphatic carbocycles. The third-order valence-corrected chi connectivity index (χ3v) is 4.43. The van der Waals surface area contributed by atoms with Crippen LogP contribution in [0.25, 0.3) is 0 Å². The summed E-state index contributed by atoms with van der Waals surface area (Å²) < 4.78 is 0. The second-order valence-electron chi connectivity index (χ2n) is 6.12. The molecular weight excluding hydrogens is 328 g/mol. The van der Waals surface area contributed by atoms with Crippen LogP contribution in [0.15, 0.2) is 30.3 Å². The molecule has 0 radical (unpaired) electrons. The molecule has 1 fully saturated rings. The molecule has 2 atom stereocenters. The summed E-state index contributed by atoms with van der Waals surface area (Å²) in [7, 11) is 1.78. The van der Waals surface area contributed by atoms with Crippen LogP contribution in [-0.4, -0.2) is 54.5 Å². The van der Waals surface area contributed by atoms with E-state index in [1.54, 1.807) is 16.8 Å². The van der Waals surface area contributed by atoms with E-state index in [9.17, 15) is 9.59 Å². The SMILES string of the molecule is CC(CN)N(C)C(=O)C1CCCN(C(=O)Nc2ccccc2)C1.Cl. The Morgan fingerprint density at radius 1 is 1.38 bits per heavy atom. The minimum absolute atomic E-state index is 0. The largest absolute Gasteiger partial charge is 0.341 e. The highest BCUT2D eigenvalue weighted by atomic mass is 35.5. The number of urea groups is 1. The van der Waals surface area contributed by atoms with E-state index < -0.39 is 0 Å². The molecule has 0 bridgehead atoms. The lowest BCUT2D eigenvalue weighted by Gasteiger charge is -2.35. The number of likely N-dealkylation sites (tertiary alicyclic amines) is 1. The van der Waals surface area contributed by atoms with Gasteiger partial charge in [-0.2, -0.15) is 0 Å². The molecule has 1 saturated heterocycles. The van der Waals surface area contributed by atoms with E-state index in [-0.39, 0.29) is 36.3 Å². The van der Waals surface area contributed by atoms with Crippen molar-refractivity contribution in [2.75, 3.05) is 32.0 Å². The number of benzene rings is 1. The van der Waals surface area contributed by atoms with Crippen LogP contribution in [0.1, 0.15) is 19.8 Å². The first-order chi connectivity index (χ1) is 11.0. The van der Waals surface area contributed by atoms with Gasteiger partial charge >= 0.3 is 6.03 Å². The highest BCUT2D eigenvalue weighted by molar-refractivity contribution is 5.90. The summed E-state index contributed by atoms with van der Waals surface area (Å²) in [5.74, 6) is -0.0792. The quantitative estimate of drug-likeness (QED) is 0.869. The number of carbonyl (C=O) groups is 2. The zero-order valence-electron chi connectivity index (χ0n) is 14.3. The van der Waals surface area contributed by atoms with Crippen LogP contribution in [0.2, 0.25) is 0 Å². The Hall–Kier alpha value is -1.79. The molecular formula is C17H27ClN4O2. The second kappa shape index (κ2) is 9.49. The summed E-state index contributed by atoms with van der Waals surface area (Å²) >= 11 is 0. The number of anilines is 1. The standard InChI is InChI=1S/C17H26N4O2.ClH/c1-13(11-18)20(2)16(22)14-7-6-10-21(12-14)17(23)19-15-8-4-3-5-9-15;/h3-5,8-9,13-14H,6-7,10-12,18H2,1-2H3,(H,19,23);1H. The first kappa shape index (κ1) is 20.3. The number of nitrogens with one attached hydrogen (secondary N) is 1. The van der Waals surface area contributed by atoms with Crippen LogP contribution in [0.5, 0.6) is 0 Å². The summed E-state index contributed by atoms with van der Waals surface area (Å²) in [6.07, 6.45) is 1.65. The van der Waals surface area contributed by atoms with Crippen molar-refractivity contribution in [3.63, 3.8) is 0 Å². The summed E-state index contributed by atoms with van der Waals surface area (Å²) in [6, 6.07) is 9.21. The van der Waals surface area contributed by atoms with Crippen molar-refractivity contribution >= 4 is 30.0 Å². The van der Waals surface area contributed by atoms with E-state index in [1.807, 2.05) is 37.3 Å². The van der Waals surface area contributed by atoms with Gasteiger partial charge in [-0.05, 0) is 31.9 Å². The van der Waals surface area contributed by atoms with Crippen LogP contribution >= 0.6 is 12.4 Å². The van der Waals surface area contributed by atoms with Gasteiger partial charge in [-0.1, -0.05) is 18.2 Å². The molecule has 0 spiro atoms. The third kappa shape index (κ3) is 5.11. The minimum Gasteiger partial charge on any atom is -0.341 e. The summed E-state index contributed by atoms with van der Waals surface area (Å²) in [4.78, 5) is 28.3. The summed E-state index contributed by atoms with van der Waals surface area (Å²) in [5, 5.41) is 2.88. The first-order valence-corrected chi connectivity index (χ1v) is 8.10. The van der Waals surface area contributed by atoms with Gasteiger partial charge in [0.1, 0.15) is 0 Å². The molecule has 1 aliphatic rings. The molecule has 2 unspecified atom stereocenters. The average molecular weight is 355 g/mol. The molecule has 24 heavy (non-hydrogen) atoms. The van der Waals surface area contributed by atoms with Crippen molar-refractivity contribution in [2.45, 2.75) is 25.8 Å². The Balaban J connectivity index is 0.00000288. The fraction of sp³-hybridized carbons (Fsp3) is 0.529. The van der Waals surface area contributed by atoms with Gasteiger partial charge in [-0.3, -0.25) is 4.79 Å². The summed E-state index contributed by atoms with van der Waals surface area (Å²) in [6.45, 7) is 3.51. The number of para-hydroxylation sites is 1. The van der Waals surface area contributed by atoms with E-state index in [2.05, 4.69) is 5.32 Å². The Bertz CT molecular complexity index is 541. The van der Waals surface area contributed by atoms with Crippen molar-refractivity contribution in [2.24, 2.45) is 11.7 Å². The summed E-state index contributed by atoms with van der Waals surface area (Å²) in [5.41, 5.74) is 6.40. The maximum Gasteiger partial charge on any atom is 0.321 e. The molecule has 2 rings (SSSR count). The molecule has 7 heteroatoms. The van der Waals surface area contributed by atoms with Crippen molar-refractivity contribution in [3.8, 4) is 0 Å². The second-order valence-corrected chi connectivity index (χ2v) is 6.12. The topological polar surface area (TPSA) is 78.7 Å². The fourth-order valence-corrected chi connectivity index (χ4v) is 2.75. The number of piperidine rings is 1. The Morgan fingerprint density at radius 2 is 2.04 bits per heavy atom. The van der Waals surface area contributed by atoms with Crippen LogP contribution < -0.4 is 11.1 Å². The maximum absolute atomic E-state index is 12.5. The molecule has 3 amide bonds. The van der Waals surface area contributed by atoms with Crippen LogP contribution in [0.3, 0.4) is 0 Å². The van der Waals surface area contributed by atoms with E-state index >= 15 is 0 Å². The smallest absolute Gasteiger partial charge is 0.321 e. The lowest BCUT2D eigenvalue weighted by molar-refractivity contribution is -0.137. The number of likely N-dealkylation sites (N-methyl/N-ethyl adjacent to an activating group) is 1. The lowest BCUT2D eigenvalue weighted by atomic mass is 9.96. The number of rotatable bonds is 4. The van der Waals surface area contributed by atoms with Crippen LogP contribution in [0, 0.1) is 5.92 Å². The van der Waals surface area contributed by atoms with Gasteiger partial charge in [0.15, 0.2) is 0 Å². The van der Waals surface area contributed by atoms with Gasteiger partial charge in [-0.25, -0.2) is 4.79 Å². The first-order valence-electron chi connectivity index (χ1n) is 8.10. The fourth-order valence-electron chi connectivity index (χ4n) is 2.75. The van der Waals surface area contributed by atoms with Gasteiger partial charge in [0.25, 0.3) is 0 Å². The Morgan fingerprint density at radius 3 is 2.67 bits per heavy atom. The molecule has 0 saturated carbocycles. The van der Waals surface area contributed by atoms with Gasteiger partial charge in [0.05, 0.1) is 5.92 Å². The zero-order chi connectivity index (χ0) is 16.8. The molecule has 0 aromatic heterocycles. The number of nitrogens with two attached hydrogens (primary N) is 1. The predicted molar refractivity (Wildman–Crippen MR) is 98.3 cm³/mol.